The van der Waals surface area contributed by atoms with Gasteiger partial charge in [0.25, 0.3) is 0 Å². The highest BCUT2D eigenvalue weighted by atomic mass is 35.5. The van der Waals surface area contributed by atoms with Gasteiger partial charge in [-0.05, 0) is 47.4 Å². The van der Waals surface area contributed by atoms with Gasteiger partial charge in [-0.3, -0.25) is 9.59 Å². The Kier molecular flexibility index (Phi) is 9.54. The van der Waals surface area contributed by atoms with Crippen molar-refractivity contribution >= 4 is 41.1 Å². The molecule has 2 aromatic carbocycles. The minimum atomic E-state index is -0.0756. The second-order valence-electron chi connectivity index (χ2n) is 9.82. The highest BCUT2D eigenvalue weighted by Crippen LogP contribution is 2.25. The zero-order valence-electron chi connectivity index (χ0n) is 22.7. The second kappa shape index (κ2) is 13.2. The van der Waals surface area contributed by atoms with Gasteiger partial charge in [-0.2, -0.15) is 0 Å². The fourth-order valence-corrected chi connectivity index (χ4v) is 4.39. The van der Waals surface area contributed by atoms with E-state index in [0.717, 1.165) is 16.9 Å². The molecule has 0 bridgehead atoms. The van der Waals surface area contributed by atoms with Crippen LogP contribution in [0.25, 0.3) is 17.5 Å². The molecular formula is C30H35ClN6O2. The van der Waals surface area contributed by atoms with Gasteiger partial charge in [0.1, 0.15) is 11.6 Å². The Labute approximate surface area is 235 Å². The summed E-state index contributed by atoms with van der Waals surface area (Å²) < 4.78 is 0. The van der Waals surface area contributed by atoms with Crippen molar-refractivity contribution < 1.29 is 9.59 Å². The lowest BCUT2D eigenvalue weighted by Crippen LogP contribution is -2.48. The van der Waals surface area contributed by atoms with Crippen molar-refractivity contribution in [3.8, 4) is 11.4 Å². The first kappa shape index (κ1) is 28.1. The summed E-state index contributed by atoms with van der Waals surface area (Å²) in [7, 11) is 0. The van der Waals surface area contributed by atoms with E-state index in [-0.39, 0.29) is 11.8 Å². The van der Waals surface area contributed by atoms with Crippen LogP contribution >= 0.6 is 11.6 Å². The number of nitrogens with one attached hydrogen (secondary N) is 2. The van der Waals surface area contributed by atoms with Crippen LogP contribution < -0.4 is 15.5 Å². The van der Waals surface area contributed by atoms with E-state index in [9.17, 15) is 9.59 Å². The maximum Gasteiger partial charge on any atom is 0.246 e. The van der Waals surface area contributed by atoms with Crippen molar-refractivity contribution in [2.75, 3.05) is 49.5 Å². The van der Waals surface area contributed by atoms with Crippen LogP contribution in [0.15, 0.2) is 60.7 Å². The molecule has 4 rings (SSSR count). The molecule has 1 saturated heterocycles. The number of hydrogen-bond donors (Lipinski definition) is 2. The SMILES string of the molecule is CC(=O)NCCNc1cc(N2CCN(C(=O)C=Cc3ccc(C(C)C)cc3)CC2)nc(-c2ccc(Cl)cc2)n1. The summed E-state index contributed by atoms with van der Waals surface area (Å²) in [6.07, 6.45) is 3.53. The fourth-order valence-electron chi connectivity index (χ4n) is 4.27. The Morgan fingerprint density at radius 1 is 0.974 bits per heavy atom. The molecule has 0 atom stereocenters. The largest absolute Gasteiger partial charge is 0.368 e. The van der Waals surface area contributed by atoms with Crippen molar-refractivity contribution in [3.63, 3.8) is 0 Å². The number of benzene rings is 2. The van der Waals surface area contributed by atoms with Crippen LogP contribution in [0.2, 0.25) is 5.02 Å². The molecule has 2 heterocycles. The van der Waals surface area contributed by atoms with Gasteiger partial charge >= 0.3 is 0 Å². The Balaban J connectivity index is 1.42. The van der Waals surface area contributed by atoms with E-state index in [1.807, 2.05) is 53.4 Å². The smallest absolute Gasteiger partial charge is 0.246 e. The Hall–Kier alpha value is -3.91. The first-order chi connectivity index (χ1) is 18.8. The van der Waals surface area contributed by atoms with Crippen LogP contribution in [0, 0.1) is 0 Å². The van der Waals surface area contributed by atoms with Gasteiger partial charge in [0.05, 0.1) is 0 Å². The maximum atomic E-state index is 12.8. The Morgan fingerprint density at radius 3 is 2.31 bits per heavy atom. The molecule has 1 aliphatic heterocycles. The summed E-state index contributed by atoms with van der Waals surface area (Å²) >= 11 is 6.07. The molecule has 0 aliphatic carbocycles. The van der Waals surface area contributed by atoms with Crippen molar-refractivity contribution in [2.24, 2.45) is 0 Å². The summed E-state index contributed by atoms with van der Waals surface area (Å²) in [6.45, 7) is 9.36. The van der Waals surface area contributed by atoms with Gasteiger partial charge in [0, 0.05) is 68.9 Å². The van der Waals surface area contributed by atoms with Crippen LogP contribution in [-0.4, -0.2) is 66.0 Å². The molecule has 9 heteroatoms. The van der Waals surface area contributed by atoms with Gasteiger partial charge in [0.2, 0.25) is 11.8 Å². The number of anilines is 2. The van der Waals surface area contributed by atoms with Crippen LogP contribution in [0.5, 0.6) is 0 Å². The molecule has 2 N–H and O–H groups in total. The van der Waals surface area contributed by atoms with E-state index in [0.29, 0.717) is 61.9 Å². The first-order valence-corrected chi connectivity index (χ1v) is 13.6. The number of aromatic nitrogens is 2. The highest BCUT2D eigenvalue weighted by Gasteiger charge is 2.22. The summed E-state index contributed by atoms with van der Waals surface area (Å²) in [6, 6.07) is 17.6. The molecule has 8 nitrogen and oxygen atoms in total. The average molecular weight is 547 g/mol. The van der Waals surface area contributed by atoms with Gasteiger partial charge in [-0.1, -0.05) is 49.7 Å². The van der Waals surface area contributed by atoms with Crippen molar-refractivity contribution in [2.45, 2.75) is 26.7 Å². The predicted molar refractivity (Wildman–Crippen MR) is 158 cm³/mol. The molecule has 3 aromatic rings. The van der Waals surface area contributed by atoms with Crippen molar-refractivity contribution in [1.82, 2.24) is 20.2 Å². The van der Waals surface area contributed by atoms with E-state index in [2.05, 4.69) is 46.5 Å². The summed E-state index contributed by atoms with van der Waals surface area (Å²) in [5.74, 6) is 2.44. The Morgan fingerprint density at radius 2 is 1.67 bits per heavy atom. The normalized spacial score (nSPS) is 13.7. The van der Waals surface area contributed by atoms with Crippen LogP contribution in [0.1, 0.15) is 37.8 Å². The third kappa shape index (κ3) is 8.04. The Bertz CT molecular complexity index is 1300. The lowest BCUT2D eigenvalue weighted by Gasteiger charge is -2.35. The minimum absolute atomic E-state index is 0.00690. The van der Waals surface area contributed by atoms with Gasteiger partial charge in [-0.25, -0.2) is 9.97 Å². The number of piperazine rings is 1. The summed E-state index contributed by atoms with van der Waals surface area (Å²) in [5, 5.41) is 6.70. The lowest BCUT2D eigenvalue weighted by molar-refractivity contribution is -0.126. The topological polar surface area (TPSA) is 90.5 Å². The maximum absolute atomic E-state index is 12.8. The van der Waals surface area contributed by atoms with Crippen molar-refractivity contribution in [1.29, 1.82) is 0 Å². The third-order valence-corrected chi connectivity index (χ3v) is 6.81. The molecule has 39 heavy (non-hydrogen) atoms. The molecule has 204 valence electrons. The molecule has 0 spiro atoms. The molecule has 0 unspecified atom stereocenters. The van der Waals surface area contributed by atoms with Crippen LogP contribution in [-0.2, 0) is 9.59 Å². The summed E-state index contributed by atoms with van der Waals surface area (Å²) in [5.41, 5.74) is 3.15. The standard InChI is InChI=1S/C30H35ClN6O2/c1-21(2)24-7-4-23(5-8-24)6-13-29(39)37-18-16-36(17-19-37)28-20-27(33-15-14-32-22(3)38)34-30(35-28)25-9-11-26(31)12-10-25/h4-13,20-21H,14-19H2,1-3H3,(H,32,38)(H,33,34,35). The molecular weight excluding hydrogens is 512 g/mol. The molecule has 1 fully saturated rings. The molecule has 0 saturated carbocycles. The quantitative estimate of drug-likeness (QED) is 0.295. The number of hydrogen-bond acceptors (Lipinski definition) is 6. The minimum Gasteiger partial charge on any atom is -0.368 e. The molecule has 1 aliphatic rings. The number of amides is 2. The van der Waals surface area contributed by atoms with Crippen molar-refractivity contribution in [3.05, 3.63) is 76.8 Å². The number of rotatable bonds is 9. The van der Waals surface area contributed by atoms with Gasteiger partial charge in [-0.15, -0.1) is 0 Å². The highest BCUT2D eigenvalue weighted by molar-refractivity contribution is 6.30. The average Bonchev–Trinajstić information content (AvgIpc) is 2.94. The van der Waals surface area contributed by atoms with E-state index < -0.39 is 0 Å². The lowest BCUT2D eigenvalue weighted by atomic mass is 10.0. The van der Waals surface area contributed by atoms with E-state index in [4.69, 9.17) is 16.6 Å². The van der Waals surface area contributed by atoms with E-state index in [1.165, 1.54) is 12.5 Å². The zero-order valence-corrected chi connectivity index (χ0v) is 23.4. The van der Waals surface area contributed by atoms with Crippen LogP contribution in [0.3, 0.4) is 0 Å². The number of carbonyl (C=O) groups is 2. The third-order valence-electron chi connectivity index (χ3n) is 6.56. The molecule has 2 amide bonds. The van der Waals surface area contributed by atoms with Crippen LogP contribution in [0.4, 0.5) is 11.6 Å². The van der Waals surface area contributed by atoms with E-state index in [1.54, 1.807) is 6.08 Å². The zero-order chi connectivity index (χ0) is 27.8. The molecule has 1 aromatic heterocycles. The fraction of sp³-hybridized carbons (Fsp3) is 0.333. The number of carbonyl (C=O) groups excluding carboxylic acids is 2. The molecule has 0 radical (unpaired) electrons. The summed E-state index contributed by atoms with van der Waals surface area (Å²) in [4.78, 5) is 37.6. The number of nitrogens with zero attached hydrogens (tertiary/aromatic N) is 4. The predicted octanol–water partition coefficient (Wildman–Crippen LogP) is 4.83. The second-order valence-corrected chi connectivity index (χ2v) is 10.3. The first-order valence-electron chi connectivity index (χ1n) is 13.2. The van der Waals surface area contributed by atoms with Gasteiger partial charge in [0.15, 0.2) is 5.82 Å². The van der Waals surface area contributed by atoms with E-state index >= 15 is 0 Å². The number of halogens is 1. The van der Waals surface area contributed by atoms with Gasteiger partial charge < -0.3 is 20.4 Å². The monoisotopic (exact) mass is 546 g/mol.